The zero-order valence-corrected chi connectivity index (χ0v) is 60.6. The number of hydrogen-bond acceptors (Lipinski definition) is 6. The molecule has 18 aromatic rings. The molecule has 0 aliphatic carbocycles. The van der Waals surface area contributed by atoms with Crippen molar-refractivity contribution in [2.75, 3.05) is 24.5 Å². The molecule has 15 aromatic carbocycles. The molecule has 3 heterocycles. The summed E-state index contributed by atoms with van der Waals surface area (Å²) < 4.78 is 16.3. The second-order valence-electron chi connectivity index (χ2n) is 24.4. The van der Waals surface area contributed by atoms with Crippen LogP contribution in [0.1, 0.15) is 0 Å². The predicted octanol–water partition coefficient (Wildman–Crippen LogP) is 24.9. The molecule has 0 unspecified atom stereocenters. The van der Waals surface area contributed by atoms with E-state index in [4.69, 9.17) is 4.74 Å². The number of fused-ring (bicyclic) bond motifs is 9. The molecular weight excluding hydrogens is 1550 g/mol. The Morgan fingerprint density at radius 2 is 0.414 bits per heavy atom. The molecule has 0 amide bonds. The van der Waals surface area contributed by atoms with Gasteiger partial charge in [0.15, 0.2) is 0 Å². The Morgan fingerprint density at radius 3 is 0.758 bits per heavy atom. The van der Waals surface area contributed by atoms with Gasteiger partial charge in [-0.05, 0) is 0 Å². The van der Waals surface area contributed by atoms with E-state index in [1.165, 1.54) is 64.1 Å². The van der Waals surface area contributed by atoms with E-state index in [0.717, 1.165) is 73.9 Å². The van der Waals surface area contributed by atoms with Crippen LogP contribution in [0.2, 0.25) is 0 Å². The van der Waals surface area contributed by atoms with Crippen LogP contribution in [0.4, 0.5) is 85.3 Å². The van der Waals surface area contributed by atoms with Crippen molar-refractivity contribution in [2.45, 2.75) is 0 Å². The standard InChI is InChI=1S/C90H61N5OTe3/c1-7-29-62(30-8-1)91(63-31-9-2-10-32-63)69-55-70(92(64-33-11-3-12-34-64)65-35-13-4-14-36-65)57-71(56-69)95(84-51-28-48-81-78-45-21-24-54-87(78)99-90(81)84)68-41-25-42-74(59-68)96-75-60-72(93(66-37-15-5-16-38-66)82-49-26-46-79-76-43-19-22-52-85(76)97-88(79)82)58-73(61-75)94(67-39-17-6-18-40-67)83-50-27-47-80-77-44-20-23-53-86(77)98-89(80)83/h1-61H. The predicted molar refractivity (Wildman–Crippen MR) is 422 cm³/mol. The van der Waals surface area contributed by atoms with Crippen molar-refractivity contribution in [1.82, 2.24) is 0 Å². The minimum atomic E-state index is -0.854. The fraction of sp³-hybridized carbons (Fsp3) is 0. The van der Waals surface area contributed by atoms with Crippen molar-refractivity contribution in [3.63, 3.8) is 0 Å². The summed E-state index contributed by atoms with van der Waals surface area (Å²) in [5.74, 6) is 1.42. The number of benzene rings is 15. The van der Waals surface area contributed by atoms with Gasteiger partial charge in [0.25, 0.3) is 0 Å². The fourth-order valence-corrected chi connectivity index (χ4v) is 24.4. The Hall–Kier alpha value is -10.5. The molecule has 0 atom stereocenters. The molecule has 0 aliphatic heterocycles. The van der Waals surface area contributed by atoms with E-state index in [-0.39, 0.29) is 0 Å². The van der Waals surface area contributed by atoms with Crippen molar-refractivity contribution < 1.29 is 4.74 Å². The first-order valence-corrected chi connectivity index (χ1v) is 40.2. The molecule has 0 spiro atoms. The van der Waals surface area contributed by atoms with Crippen molar-refractivity contribution in [2.24, 2.45) is 0 Å². The molecule has 0 bridgehead atoms. The second-order valence-corrected chi connectivity index (χ2v) is 33.4. The van der Waals surface area contributed by atoms with Gasteiger partial charge in [0.05, 0.1) is 0 Å². The number of nitrogens with zero attached hydrogens (tertiary/aromatic N) is 5. The zero-order valence-electron chi connectivity index (χ0n) is 53.6. The molecule has 18 rings (SSSR count). The zero-order chi connectivity index (χ0) is 65.6. The fourth-order valence-electron chi connectivity index (χ4n) is 14.0. The summed E-state index contributed by atoms with van der Waals surface area (Å²) in [5, 5.41) is 7.96. The van der Waals surface area contributed by atoms with Crippen LogP contribution in [0.25, 0.3) is 52.7 Å². The van der Waals surface area contributed by atoms with Crippen molar-refractivity contribution in [1.29, 1.82) is 0 Å². The average Bonchev–Trinajstić information content (AvgIpc) is 1.74. The first kappa shape index (κ1) is 60.8. The van der Waals surface area contributed by atoms with Crippen LogP contribution in [0.5, 0.6) is 11.5 Å². The summed E-state index contributed by atoms with van der Waals surface area (Å²) in [6.45, 7) is 0. The Kier molecular flexibility index (Phi) is 16.4. The summed E-state index contributed by atoms with van der Waals surface area (Å²) in [4.78, 5) is 12.2. The summed E-state index contributed by atoms with van der Waals surface area (Å²) in [7, 11) is 0. The third kappa shape index (κ3) is 11.6. The van der Waals surface area contributed by atoms with Crippen LogP contribution < -0.4 is 29.2 Å². The van der Waals surface area contributed by atoms with Crippen molar-refractivity contribution >= 4 is 199 Å². The van der Waals surface area contributed by atoms with Gasteiger partial charge in [0, 0.05) is 0 Å². The first-order chi connectivity index (χ1) is 49.1. The van der Waals surface area contributed by atoms with Crippen LogP contribution >= 0.6 is 0 Å². The van der Waals surface area contributed by atoms with Gasteiger partial charge >= 0.3 is 610 Å². The summed E-state index contributed by atoms with van der Waals surface area (Å²) in [6, 6.07) is 135. The number of hydrogen-bond donors (Lipinski definition) is 0. The van der Waals surface area contributed by atoms with Crippen LogP contribution in [0.15, 0.2) is 370 Å². The number of rotatable bonds is 17. The Balaban J connectivity index is 0.870. The molecule has 99 heavy (non-hydrogen) atoms. The molecule has 0 saturated carbocycles. The molecule has 470 valence electrons. The summed E-state index contributed by atoms with van der Waals surface area (Å²) in [5.41, 5.74) is 15.8. The van der Waals surface area contributed by atoms with Crippen LogP contribution in [0.3, 0.4) is 0 Å². The van der Waals surface area contributed by atoms with E-state index in [1.807, 2.05) is 0 Å². The topological polar surface area (TPSA) is 25.4 Å². The Labute approximate surface area is 604 Å². The normalized spacial score (nSPS) is 11.4. The third-order valence-electron chi connectivity index (χ3n) is 18.3. The molecule has 6 nitrogen and oxygen atoms in total. The molecule has 0 radical (unpaired) electrons. The van der Waals surface area contributed by atoms with Crippen LogP contribution in [-0.2, 0) is 0 Å². The van der Waals surface area contributed by atoms with Gasteiger partial charge in [-0.15, -0.1) is 0 Å². The van der Waals surface area contributed by atoms with E-state index in [0.29, 0.717) is 11.5 Å². The van der Waals surface area contributed by atoms with Crippen LogP contribution in [-0.4, -0.2) is 61.3 Å². The molecule has 0 saturated heterocycles. The van der Waals surface area contributed by atoms with Gasteiger partial charge in [-0.3, -0.25) is 0 Å². The van der Waals surface area contributed by atoms with Crippen molar-refractivity contribution in [3.05, 3.63) is 370 Å². The maximum absolute atomic E-state index is 7.68. The molecule has 3 aromatic heterocycles. The monoisotopic (exact) mass is 1620 g/mol. The van der Waals surface area contributed by atoms with Gasteiger partial charge in [0.1, 0.15) is 0 Å². The number of ether oxygens (including phenoxy) is 1. The molecule has 0 aliphatic rings. The maximum atomic E-state index is 7.68. The van der Waals surface area contributed by atoms with Crippen LogP contribution in [0, 0.1) is 0 Å². The van der Waals surface area contributed by atoms with E-state index < -0.39 is 61.3 Å². The third-order valence-corrected chi connectivity index (χ3v) is 28.7. The van der Waals surface area contributed by atoms with E-state index in [2.05, 4.69) is 395 Å². The van der Waals surface area contributed by atoms with Gasteiger partial charge < -0.3 is 0 Å². The van der Waals surface area contributed by atoms with E-state index in [9.17, 15) is 0 Å². The molecule has 0 N–H and O–H groups in total. The average molecular weight is 1610 g/mol. The molecular formula is C90H61N5OTe3. The van der Waals surface area contributed by atoms with Gasteiger partial charge in [-0.25, -0.2) is 0 Å². The summed E-state index contributed by atoms with van der Waals surface area (Å²) in [6.07, 6.45) is 0. The number of anilines is 15. The van der Waals surface area contributed by atoms with Gasteiger partial charge in [-0.2, -0.15) is 0 Å². The summed E-state index contributed by atoms with van der Waals surface area (Å²) >= 11 is -2.38. The SMILES string of the molecule is c1ccc(N(c2ccccc2)c2cc(N(c3ccccc3)c3ccccc3)cc(N(c3cccc(Oc4cc(N(c5ccccc5)c5cccc6c5[te]c5ccccc56)cc(N(c5ccccc5)c5cccc6c5[te]c5ccccc56)c4)c3)c3cccc4c3[te]c3ccccc34)c2)cc1. The van der Waals surface area contributed by atoms with E-state index >= 15 is 0 Å². The first-order valence-electron chi connectivity index (χ1n) is 33.2. The number of para-hydroxylation sites is 6. The van der Waals surface area contributed by atoms with Gasteiger partial charge in [0.2, 0.25) is 0 Å². The quantitative estimate of drug-likeness (QED) is 0.0843. The Bertz CT molecular complexity index is 5590. The van der Waals surface area contributed by atoms with Gasteiger partial charge in [-0.1, -0.05) is 0 Å². The molecule has 9 heteroatoms. The molecule has 0 fully saturated rings. The van der Waals surface area contributed by atoms with Crippen molar-refractivity contribution in [3.8, 4) is 11.5 Å². The Morgan fingerprint density at radius 1 is 0.172 bits per heavy atom. The minimum absolute atomic E-state index is 0.707. The van der Waals surface area contributed by atoms with E-state index in [1.54, 1.807) is 0 Å². The second kappa shape index (κ2) is 26.7.